The molecule has 0 amide bonds. The van der Waals surface area contributed by atoms with Crippen molar-refractivity contribution in [2.45, 2.75) is 50.3 Å². The Morgan fingerprint density at radius 1 is 1.36 bits per heavy atom. The van der Waals surface area contributed by atoms with Gasteiger partial charge in [-0.3, -0.25) is 0 Å². The standard InChI is InChI=1S/C9H15FO/c10-9-3-1-2-7(5-9)4-8(11)6-9/h7-8,11H,1-6H2/t7-,8-,9+/m0/s1. The van der Waals surface area contributed by atoms with Gasteiger partial charge >= 0.3 is 0 Å². The Bertz CT molecular complexity index is 156. The lowest BCUT2D eigenvalue weighted by atomic mass is 9.69. The van der Waals surface area contributed by atoms with Crippen LogP contribution in [-0.2, 0) is 0 Å². The van der Waals surface area contributed by atoms with Crippen molar-refractivity contribution in [1.82, 2.24) is 0 Å². The molecule has 1 nitrogen and oxygen atoms in total. The van der Waals surface area contributed by atoms with Gasteiger partial charge in [0.15, 0.2) is 0 Å². The monoisotopic (exact) mass is 158 g/mol. The molecular weight excluding hydrogens is 143 g/mol. The molecule has 1 N–H and O–H groups in total. The van der Waals surface area contributed by atoms with E-state index >= 15 is 0 Å². The molecule has 2 fully saturated rings. The van der Waals surface area contributed by atoms with Gasteiger partial charge in [0.05, 0.1) is 6.10 Å². The lowest BCUT2D eigenvalue weighted by Gasteiger charge is -2.41. The van der Waals surface area contributed by atoms with Crippen LogP contribution in [0.4, 0.5) is 4.39 Å². The van der Waals surface area contributed by atoms with Crippen LogP contribution in [0.5, 0.6) is 0 Å². The Hall–Kier alpha value is -0.110. The fourth-order valence-electron chi connectivity index (χ4n) is 2.71. The summed E-state index contributed by atoms with van der Waals surface area (Å²) in [6.07, 6.45) is 4.41. The van der Waals surface area contributed by atoms with Gasteiger partial charge < -0.3 is 5.11 Å². The topological polar surface area (TPSA) is 20.2 Å². The zero-order chi connectivity index (χ0) is 7.90. The Morgan fingerprint density at radius 2 is 2.18 bits per heavy atom. The number of hydrogen-bond donors (Lipinski definition) is 1. The van der Waals surface area contributed by atoms with Gasteiger partial charge in [-0.15, -0.1) is 0 Å². The molecule has 0 aliphatic heterocycles. The molecule has 2 rings (SSSR count). The molecule has 0 spiro atoms. The van der Waals surface area contributed by atoms with E-state index in [-0.39, 0.29) is 6.10 Å². The quantitative estimate of drug-likeness (QED) is 0.572. The number of alkyl halides is 1. The first-order valence-corrected chi connectivity index (χ1v) is 4.55. The number of rotatable bonds is 0. The summed E-state index contributed by atoms with van der Waals surface area (Å²) < 4.78 is 13.7. The predicted molar refractivity (Wildman–Crippen MR) is 41.0 cm³/mol. The van der Waals surface area contributed by atoms with E-state index in [0.29, 0.717) is 25.2 Å². The van der Waals surface area contributed by atoms with Gasteiger partial charge in [0.25, 0.3) is 0 Å². The van der Waals surface area contributed by atoms with E-state index in [1.807, 2.05) is 0 Å². The average molecular weight is 158 g/mol. The highest BCUT2D eigenvalue weighted by molar-refractivity contribution is 4.94. The number of hydrogen-bond acceptors (Lipinski definition) is 1. The maximum atomic E-state index is 13.7. The summed E-state index contributed by atoms with van der Waals surface area (Å²) >= 11 is 0. The maximum absolute atomic E-state index is 13.7. The van der Waals surface area contributed by atoms with E-state index < -0.39 is 5.67 Å². The van der Waals surface area contributed by atoms with Gasteiger partial charge in [-0.25, -0.2) is 4.39 Å². The predicted octanol–water partition coefficient (Wildman–Crippen LogP) is 2.04. The van der Waals surface area contributed by atoms with E-state index in [4.69, 9.17) is 0 Å². The van der Waals surface area contributed by atoms with Crippen molar-refractivity contribution < 1.29 is 9.50 Å². The van der Waals surface area contributed by atoms with E-state index in [9.17, 15) is 9.50 Å². The molecule has 3 atom stereocenters. The first-order chi connectivity index (χ1) is 5.18. The molecule has 2 aliphatic carbocycles. The van der Waals surface area contributed by atoms with Crippen LogP contribution < -0.4 is 0 Å². The molecular formula is C9H15FO. The fourth-order valence-corrected chi connectivity index (χ4v) is 2.71. The molecule has 2 bridgehead atoms. The van der Waals surface area contributed by atoms with E-state index in [1.165, 1.54) is 0 Å². The van der Waals surface area contributed by atoms with E-state index in [0.717, 1.165) is 19.3 Å². The van der Waals surface area contributed by atoms with Gasteiger partial charge in [0, 0.05) is 6.42 Å². The summed E-state index contributed by atoms with van der Waals surface area (Å²) in [6, 6.07) is 0. The van der Waals surface area contributed by atoms with Crippen molar-refractivity contribution in [3.05, 3.63) is 0 Å². The van der Waals surface area contributed by atoms with Crippen molar-refractivity contribution in [2.24, 2.45) is 5.92 Å². The van der Waals surface area contributed by atoms with E-state index in [2.05, 4.69) is 0 Å². The largest absolute Gasteiger partial charge is 0.393 e. The van der Waals surface area contributed by atoms with Crippen LogP contribution in [0.25, 0.3) is 0 Å². The molecule has 2 heteroatoms. The number of halogens is 1. The van der Waals surface area contributed by atoms with Gasteiger partial charge in [-0.2, -0.15) is 0 Å². The number of aliphatic hydroxyl groups is 1. The van der Waals surface area contributed by atoms with Crippen molar-refractivity contribution >= 4 is 0 Å². The first-order valence-electron chi connectivity index (χ1n) is 4.55. The van der Waals surface area contributed by atoms with Crippen molar-refractivity contribution in [3.8, 4) is 0 Å². The van der Waals surface area contributed by atoms with Gasteiger partial charge in [-0.05, 0) is 31.6 Å². The summed E-state index contributed by atoms with van der Waals surface area (Å²) in [5.41, 5.74) is -0.999. The lowest BCUT2D eigenvalue weighted by Crippen LogP contribution is -2.40. The molecule has 2 saturated carbocycles. The minimum absolute atomic E-state index is 0.362. The normalized spacial score (nSPS) is 50.7. The molecule has 0 heterocycles. The molecule has 11 heavy (non-hydrogen) atoms. The SMILES string of the molecule is O[C@H]1C[C@@H]2CCC[C@](F)(C1)C2. The smallest absolute Gasteiger partial charge is 0.113 e. The highest BCUT2D eigenvalue weighted by atomic mass is 19.1. The highest BCUT2D eigenvalue weighted by Crippen LogP contribution is 2.45. The zero-order valence-electron chi connectivity index (χ0n) is 6.72. The molecule has 0 saturated heterocycles. The van der Waals surface area contributed by atoms with Gasteiger partial charge in [0.2, 0.25) is 0 Å². The van der Waals surface area contributed by atoms with Crippen LogP contribution in [0.15, 0.2) is 0 Å². The molecule has 0 aromatic heterocycles. The van der Waals surface area contributed by atoms with Crippen LogP contribution in [0.1, 0.15) is 38.5 Å². The van der Waals surface area contributed by atoms with Crippen LogP contribution in [0.2, 0.25) is 0 Å². The Labute approximate surface area is 66.6 Å². The summed E-state index contributed by atoms with van der Waals surface area (Å²) in [6.45, 7) is 0. The second kappa shape index (κ2) is 2.44. The van der Waals surface area contributed by atoms with Crippen molar-refractivity contribution in [3.63, 3.8) is 0 Å². The third-order valence-electron chi connectivity index (χ3n) is 3.10. The minimum atomic E-state index is -0.999. The Morgan fingerprint density at radius 3 is 2.91 bits per heavy atom. The minimum Gasteiger partial charge on any atom is -0.393 e. The van der Waals surface area contributed by atoms with Gasteiger partial charge in [-0.1, -0.05) is 6.42 Å². The fraction of sp³-hybridized carbons (Fsp3) is 1.00. The maximum Gasteiger partial charge on any atom is 0.113 e. The van der Waals surface area contributed by atoms with Crippen molar-refractivity contribution in [2.75, 3.05) is 0 Å². The molecule has 2 aliphatic rings. The molecule has 0 aromatic rings. The third kappa shape index (κ3) is 1.41. The first kappa shape index (κ1) is 7.53. The summed E-state index contributed by atoms with van der Waals surface area (Å²) in [5.74, 6) is 0.470. The molecule has 64 valence electrons. The lowest BCUT2D eigenvalue weighted by molar-refractivity contribution is -0.0370. The summed E-state index contributed by atoms with van der Waals surface area (Å²) in [7, 11) is 0. The highest BCUT2D eigenvalue weighted by Gasteiger charge is 2.42. The number of fused-ring (bicyclic) bond motifs is 2. The average Bonchev–Trinajstić information content (AvgIpc) is 1.82. The van der Waals surface area contributed by atoms with Gasteiger partial charge in [0.1, 0.15) is 5.67 Å². The van der Waals surface area contributed by atoms with Crippen LogP contribution >= 0.6 is 0 Å². The Kier molecular flexibility index (Phi) is 1.67. The van der Waals surface area contributed by atoms with Crippen LogP contribution in [0.3, 0.4) is 0 Å². The molecule has 0 aromatic carbocycles. The number of aliphatic hydroxyl groups excluding tert-OH is 1. The zero-order valence-corrected chi connectivity index (χ0v) is 6.72. The van der Waals surface area contributed by atoms with Crippen LogP contribution in [0, 0.1) is 5.92 Å². The van der Waals surface area contributed by atoms with Crippen LogP contribution in [-0.4, -0.2) is 16.9 Å². The van der Waals surface area contributed by atoms with Crippen molar-refractivity contribution in [1.29, 1.82) is 0 Å². The summed E-state index contributed by atoms with van der Waals surface area (Å²) in [4.78, 5) is 0. The molecule has 0 unspecified atom stereocenters. The Balaban J connectivity index is 2.09. The molecule has 0 radical (unpaired) electrons. The summed E-state index contributed by atoms with van der Waals surface area (Å²) in [5, 5.41) is 9.34. The van der Waals surface area contributed by atoms with E-state index in [1.54, 1.807) is 0 Å². The third-order valence-corrected chi connectivity index (χ3v) is 3.10. The second-order valence-corrected chi connectivity index (χ2v) is 4.21. The second-order valence-electron chi connectivity index (χ2n) is 4.21.